The van der Waals surface area contributed by atoms with Crippen LogP contribution in [0.15, 0.2) is 0 Å². The van der Waals surface area contributed by atoms with Gasteiger partial charge in [0.05, 0.1) is 0 Å². The molecule has 0 radical (unpaired) electrons. The normalized spacial score (nSPS) is 34.2. The highest BCUT2D eigenvalue weighted by atomic mass is 16.2. The summed E-state index contributed by atoms with van der Waals surface area (Å²) >= 11 is 0. The third-order valence-corrected chi connectivity index (χ3v) is 5.97. The molecule has 23 heavy (non-hydrogen) atoms. The zero-order chi connectivity index (χ0) is 16.4. The van der Waals surface area contributed by atoms with Gasteiger partial charge in [0.15, 0.2) is 0 Å². The van der Waals surface area contributed by atoms with E-state index in [1.165, 1.54) is 19.3 Å². The fraction of sp³-hybridized carbons (Fsp3) is 0.882. The van der Waals surface area contributed by atoms with E-state index in [9.17, 15) is 9.59 Å². The fourth-order valence-corrected chi connectivity index (χ4v) is 4.64. The summed E-state index contributed by atoms with van der Waals surface area (Å²) in [6, 6.07) is 0.292. The summed E-state index contributed by atoms with van der Waals surface area (Å²) in [5.74, 6) is 1.52. The standard InChI is InChI=1S/C17H30N4O2/c1-2-19-17(23)21-8-6-20(7-9-21)16(22)14-10-12-4-3-5-13(11-14)15(12)18/h12-15H,2-11,18H2,1H3,(H,19,23). The molecule has 130 valence electrons. The fourth-order valence-electron chi connectivity index (χ4n) is 4.64. The van der Waals surface area contributed by atoms with Gasteiger partial charge >= 0.3 is 6.03 Å². The minimum atomic E-state index is -0.0160. The number of fused-ring (bicyclic) bond motifs is 2. The largest absolute Gasteiger partial charge is 0.339 e. The monoisotopic (exact) mass is 322 g/mol. The van der Waals surface area contributed by atoms with Gasteiger partial charge in [-0.05, 0) is 44.4 Å². The molecule has 1 saturated heterocycles. The molecule has 2 unspecified atom stereocenters. The lowest BCUT2D eigenvalue weighted by Crippen LogP contribution is -2.55. The third-order valence-electron chi connectivity index (χ3n) is 5.97. The Morgan fingerprint density at radius 1 is 1.04 bits per heavy atom. The van der Waals surface area contributed by atoms with Crippen LogP contribution < -0.4 is 11.1 Å². The lowest BCUT2D eigenvalue weighted by molar-refractivity contribution is -0.140. The van der Waals surface area contributed by atoms with Crippen LogP contribution in [-0.2, 0) is 4.79 Å². The van der Waals surface area contributed by atoms with Crippen LogP contribution in [0.2, 0.25) is 0 Å². The number of amides is 3. The summed E-state index contributed by atoms with van der Waals surface area (Å²) in [6.07, 6.45) is 5.58. The molecule has 3 amide bonds. The van der Waals surface area contributed by atoms with Gasteiger partial charge in [0.25, 0.3) is 0 Å². The molecule has 3 fully saturated rings. The van der Waals surface area contributed by atoms with Crippen molar-refractivity contribution in [2.24, 2.45) is 23.5 Å². The quantitative estimate of drug-likeness (QED) is 0.796. The first kappa shape index (κ1) is 16.6. The van der Waals surface area contributed by atoms with E-state index < -0.39 is 0 Å². The number of urea groups is 1. The van der Waals surface area contributed by atoms with Gasteiger partial charge in [-0.1, -0.05) is 6.42 Å². The maximum atomic E-state index is 12.9. The molecule has 2 bridgehead atoms. The second kappa shape index (κ2) is 7.07. The summed E-state index contributed by atoms with van der Waals surface area (Å²) in [5.41, 5.74) is 6.33. The van der Waals surface area contributed by atoms with Crippen molar-refractivity contribution in [3.05, 3.63) is 0 Å². The van der Waals surface area contributed by atoms with E-state index in [-0.39, 0.29) is 11.9 Å². The van der Waals surface area contributed by atoms with Gasteiger partial charge in [0.2, 0.25) is 5.91 Å². The van der Waals surface area contributed by atoms with Crippen molar-refractivity contribution >= 4 is 11.9 Å². The molecule has 3 aliphatic rings. The van der Waals surface area contributed by atoms with Crippen molar-refractivity contribution < 1.29 is 9.59 Å². The topological polar surface area (TPSA) is 78.7 Å². The Bertz CT molecular complexity index is 434. The van der Waals surface area contributed by atoms with Crippen LogP contribution in [0.3, 0.4) is 0 Å². The van der Waals surface area contributed by atoms with E-state index in [0.717, 1.165) is 12.8 Å². The molecular weight excluding hydrogens is 292 g/mol. The van der Waals surface area contributed by atoms with E-state index in [1.807, 2.05) is 11.8 Å². The Balaban J connectivity index is 1.53. The van der Waals surface area contributed by atoms with Crippen molar-refractivity contribution in [2.75, 3.05) is 32.7 Å². The average molecular weight is 322 g/mol. The number of nitrogens with zero attached hydrogens (tertiary/aromatic N) is 2. The van der Waals surface area contributed by atoms with Gasteiger partial charge in [-0.2, -0.15) is 0 Å². The second-order valence-electron chi connectivity index (χ2n) is 7.34. The highest BCUT2D eigenvalue weighted by Gasteiger charge is 2.42. The molecule has 0 aromatic carbocycles. The Morgan fingerprint density at radius 3 is 2.17 bits per heavy atom. The number of rotatable bonds is 2. The minimum Gasteiger partial charge on any atom is -0.339 e. The number of nitrogens with two attached hydrogens (primary N) is 1. The number of hydrogen-bond acceptors (Lipinski definition) is 3. The molecule has 0 aromatic rings. The number of carbonyl (C=O) groups is 2. The van der Waals surface area contributed by atoms with Gasteiger partial charge < -0.3 is 20.9 Å². The zero-order valence-electron chi connectivity index (χ0n) is 14.2. The number of carbonyl (C=O) groups excluding carboxylic acids is 2. The Labute approximate surface area is 138 Å². The van der Waals surface area contributed by atoms with Crippen molar-refractivity contribution in [1.82, 2.24) is 15.1 Å². The first-order chi connectivity index (χ1) is 11.1. The summed E-state index contributed by atoms with van der Waals surface area (Å²) in [5, 5.41) is 2.82. The molecule has 1 aliphatic heterocycles. The van der Waals surface area contributed by atoms with E-state index in [0.29, 0.717) is 56.5 Å². The summed E-state index contributed by atoms with van der Waals surface area (Å²) < 4.78 is 0. The highest BCUT2D eigenvalue weighted by molar-refractivity contribution is 5.80. The van der Waals surface area contributed by atoms with E-state index >= 15 is 0 Å². The van der Waals surface area contributed by atoms with Crippen LogP contribution in [-0.4, -0.2) is 60.5 Å². The number of nitrogens with one attached hydrogen (secondary N) is 1. The van der Waals surface area contributed by atoms with Gasteiger partial charge in [0, 0.05) is 44.7 Å². The Kier molecular flexibility index (Phi) is 5.09. The SMILES string of the molecule is CCNC(=O)N1CCN(C(=O)C2CC3CCCC(C2)C3N)CC1. The maximum absolute atomic E-state index is 12.9. The molecule has 6 nitrogen and oxygen atoms in total. The van der Waals surface area contributed by atoms with Crippen molar-refractivity contribution in [3.8, 4) is 0 Å². The first-order valence-corrected chi connectivity index (χ1v) is 9.17. The average Bonchev–Trinajstić information content (AvgIpc) is 2.54. The van der Waals surface area contributed by atoms with Crippen LogP contribution in [0, 0.1) is 17.8 Å². The molecule has 3 rings (SSSR count). The molecule has 1 heterocycles. The molecule has 2 saturated carbocycles. The third kappa shape index (κ3) is 3.47. The highest BCUT2D eigenvalue weighted by Crippen LogP contribution is 2.42. The molecule has 2 atom stereocenters. The van der Waals surface area contributed by atoms with Crippen LogP contribution >= 0.6 is 0 Å². The lowest BCUT2D eigenvalue weighted by atomic mass is 9.65. The lowest BCUT2D eigenvalue weighted by Gasteiger charge is -2.45. The molecule has 0 spiro atoms. The van der Waals surface area contributed by atoms with Gasteiger partial charge in [-0.15, -0.1) is 0 Å². The summed E-state index contributed by atoms with van der Waals surface area (Å²) in [6.45, 7) is 5.15. The molecule has 2 aliphatic carbocycles. The Hall–Kier alpha value is -1.30. The number of piperazine rings is 1. The van der Waals surface area contributed by atoms with Crippen LogP contribution in [0.4, 0.5) is 4.79 Å². The van der Waals surface area contributed by atoms with Crippen molar-refractivity contribution in [3.63, 3.8) is 0 Å². The predicted molar refractivity (Wildman–Crippen MR) is 88.8 cm³/mol. The summed E-state index contributed by atoms with van der Waals surface area (Å²) in [7, 11) is 0. The molecule has 6 heteroatoms. The minimum absolute atomic E-state index is 0.0160. The van der Waals surface area contributed by atoms with Gasteiger partial charge in [-0.25, -0.2) is 4.79 Å². The van der Waals surface area contributed by atoms with Crippen LogP contribution in [0.5, 0.6) is 0 Å². The predicted octanol–water partition coefficient (Wildman–Crippen LogP) is 1.01. The second-order valence-corrected chi connectivity index (χ2v) is 7.34. The van der Waals surface area contributed by atoms with E-state index in [2.05, 4.69) is 5.32 Å². The Morgan fingerprint density at radius 2 is 1.61 bits per heavy atom. The van der Waals surface area contributed by atoms with Crippen molar-refractivity contribution in [1.29, 1.82) is 0 Å². The smallest absolute Gasteiger partial charge is 0.317 e. The van der Waals surface area contributed by atoms with Crippen molar-refractivity contribution in [2.45, 2.75) is 45.1 Å². The molecular formula is C17H30N4O2. The maximum Gasteiger partial charge on any atom is 0.317 e. The molecule has 3 N–H and O–H groups in total. The summed E-state index contributed by atoms with van der Waals surface area (Å²) in [4.78, 5) is 28.5. The van der Waals surface area contributed by atoms with Gasteiger partial charge in [-0.3, -0.25) is 4.79 Å². The number of hydrogen-bond donors (Lipinski definition) is 2. The van der Waals surface area contributed by atoms with E-state index in [4.69, 9.17) is 5.73 Å². The van der Waals surface area contributed by atoms with Crippen LogP contribution in [0.25, 0.3) is 0 Å². The first-order valence-electron chi connectivity index (χ1n) is 9.17. The zero-order valence-corrected chi connectivity index (χ0v) is 14.2. The van der Waals surface area contributed by atoms with Crippen LogP contribution in [0.1, 0.15) is 39.0 Å². The van der Waals surface area contributed by atoms with E-state index in [1.54, 1.807) is 4.90 Å². The van der Waals surface area contributed by atoms with Gasteiger partial charge in [0.1, 0.15) is 0 Å². The molecule has 0 aromatic heterocycles.